The summed E-state index contributed by atoms with van der Waals surface area (Å²) in [6.45, 7) is 1.49. The third kappa shape index (κ3) is 3.76. The van der Waals surface area contributed by atoms with Gasteiger partial charge in [-0.3, -0.25) is 14.3 Å². The molecule has 9 heteroatoms. The van der Waals surface area contributed by atoms with Crippen LogP contribution in [0.15, 0.2) is 44.9 Å². The Morgan fingerprint density at radius 1 is 1.19 bits per heavy atom. The Morgan fingerprint density at radius 3 is 2.50 bits per heavy atom. The number of rotatable bonds is 5. The third-order valence-electron chi connectivity index (χ3n) is 4.25. The van der Waals surface area contributed by atoms with E-state index in [1.54, 1.807) is 0 Å². The second-order valence-electron chi connectivity index (χ2n) is 6.15. The van der Waals surface area contributed by atoms with Crippen molar-refractivity contribution in [1.82, 2.24) is 9.55 Å². The number of aliphatic hydroxyl groups is 3. The van der Waals surface area contributed by atoms with Crippen molar-refractivity contribution >= 4 is 11.8 Å². The SMILES string of the molecule is Cc1ccc(SCc2cn([C@H]3O[C@@H](CO)[C@@H](O)[C@H]3O)c(=O)[nH]c2=O)cc1. The monoisotopic (exact) mass is 380 g/mol. The number of ether oxygens (including phenoxy) is 1. The summed E-state index contributed by atoms with van der Waals surface area (Å²) in [7, 11) is 0. The largest absolute Gasteiger partial charge is 0.394 e. The van der Waals surface area contributed by atoms with E-state index in [2.05, 4.69) is 4.98 Å². The zero-order valence-corrected chi connectivity index (χ0v) is 14.8. The van der Waals surface area contributed by atoms with Crippen molar-refractivity contribution in [2.75, 3.05) is 6.61 Å². The summed E-state index contributed by atoms with van der Waals surface area (Å²) < 4.78 is 6.39. The van der Waals surface area contributed by atoms with E-state index in [0.717, 1.165) is 15.0 Å². The van der Waals surface area contributed by atoms with Crippen LogP contribution in [0, 0.1) is 6.92 Å². The van der Waals surface area contributed by atoms with Crippen LogP contribution in [0.4, 0.5) is 0 Å². The van der Waals surface area contributed by atoms with Crippen molar-refractivity contribution in [3.05, 3.63) is 62.4 Å². The van der Waals surface area contributed by atoms with Crippen molar-refractivity contribution in [3.8, 4) is 0 Å². The lowest BCUT2D eigenvalue weighted by Crippen LogP contribution is -2.38. The van der Waals surface area contributed by atoms with Gasteiger partial charge in [0.2, 0.25) is 0 Å². The molecule has 0 unspecified atom stereocenters. The van der Waals surface area contributed by atoms with E-state index in [4.69, 9.17) is 4.74 Å². The van der Waals surface area contributed by atoms with E-state index in [0.29, 0.717) is 11.3 Å². The highest BCUT2D eigenvalue weighted by atomic mass is 32.2. The summed E-state index contributed by atoms with van der Waals surface area (Å²) in [6.07, 6.45) is -3.58. The molecular weight excluding hydrogens is 360 g/mol. The van der Waals surface area contributed by atoms with Gasteiger partial charge in [-0.05, 0) is 19.1 Å². The van der Waals surface area contributed by atoms with E-state index in [1.807, 2.05) is 31.2 Å². The number of aromatic amines is 1. The van der Waals surface area contributed by atoms with Crippen LogP contribution in [0.25, 0.3) is 0 Å². The molecule has 2 heterocycles. The number of benzene rings is 1. The first-order chi connectivity index (χ1) is 12.4. The van der Waals surface area contributed by atoms with Gasteiger partial charge in [0.05, 0.1) is 6.61 Å². The second-order valence-corrected chi connectivity index (χ2v) is 7.20. The predicted octanol–water partition coefficient (Wildman–Crippen LogP) is -0.251. The molecule has 0 saturated carbocycles. The zero-order valence-electron chi connectivity index (χ0n) is 14.0. The Labute approximate surface area is 153 Å². The minimum Gasteiger partial charge on any atom is -0.394 e. The highest BCUT2D eigenvalue weighted by Gasteiger charge is 2.43. The van der Waals surface area contributed by atoms with Crippen molar-refractivity contribution in [2.24, 2.45) is 0 Å². The highest BCUT2D eigenvalue weighted by Crippen LogP contribution is 2.28. The van der Waals surface area contributed by atoms with Crippen LogP contribution in [0.2, 0.25) is 0 Å². The second kappa shape index (κ2) is 7.77. The van der Waals surface area contributed by atoms with E-state index < -0.39 is 42.4 Å². The molecule has 4 N–H and O–H groups in total. The lowest BCUT2D eigenvalue weighted by Gasteiger charge is -2.18. The van der Waals surface area contributed by atoms with Crippen molar-refractivity contribution in [3.63, 3.8) is 0 Å². The Kier molecular flexibility index (Phi) is 5.64. The van der Waals surface area contributed by atoms with Gasteiger partial charge in [-0.1, -0.05) is 17.7 Å². The molecule has 1 fully saturated rings. The summed E-state index contributed by atoms with van der Waals surface area (Å²) in [4.78, 5) is 27.4. The number of thioether (sulfide) groups is 1. The minimum atomic E-state index is -1.40. The van der Waals surface area contributed by atoms with E-state index in [-0.39, 0.29) is 0 Å². The molecule has 4 atom stereocenters. The number of hydrogen-bond acceptors (Lipinski definition) is 7. The third-order valence-corrected chi connectivity index (χ3v) is 5.31. The molecule has 3 rings (SSSR count). The number of H-pyrrole nitrogens is 1. The molecule has 1 aromatic carbocycles. The van der Waals surface area contributed by atoms with Crippen LogP contribution in [-0.2, 0) is 10.5 Å². The van der Waals surface area contributed by atoms with Crippen LogP contribution >= 0.6 is 11.8 Å². The molecule has 1 aliphatic heterocycles. The molecular formula is C17H20N2O6S. The molecule has 1 saturated heterocycles. The van der Waals surface area contributed by atoms with Crippen LogP contribution in [0.5, 0.6) is 0 Å². The number of hydrogen-bond donors (Lipinski definition) is 4. The fraction of sp³-hybridized carbons (Fsp3) is 0.412. The van der Waals surface area contributed by atoms with Crippen molar-refractivity contribution in [2.45, 2.75) is 42.1 Å². The van der Waals surface area contributed by atoms with Crippen LogP contribution in [-0.4, -0.2) is 49.8 Å². The molecule has 0 aliphatic carbocycles. The normalized spacial score (nSPS) is 25.5. The first-order valence-corrected chi connectivity index (χ1v) is 9.05. The predicted molar refractivity (Wildman–Crippen MR) is 95.1 cm³/mol. The van der Waals surface area contributed by atoms with Crippen LogP contribution in [0.1, 0.15) is 17.4 Å². The molecule has 26 heavy (non-hydrogen) atoms. The average Bonchev–Trinajstić information content (AvgIpc) is 2.90. The van der Waals surface area contributed by atoms with Crippen LogP contribution < -0.4 is 11.2 Å². The number of aliphatic hydroxyl groups excluding tert-OH is 3. The van der Waals surface area contributed by atoms with Gasteiger partial charge < -0.3 is 20.1 Å². The first-order valence-electron chi connectivity index (χ1n) is 8.07. The van der Waals surface area contributed by atoms with Crippen molar-refractivity contribution in [1.29, 1.82) is 0 Å². The fourth-order valence-electron chi connectivity index (χ4n) is 2.72. The summed E-state index contributed by atoms with van der Waals surface area (Å²) in [5, 5.41) is 29.1. The lowest BCUT2D eigenvalue weighted by molar-refractivity contribution is -0.0551. The van der Waals surface area contributed by atoms with Gasteiger partial charge in [0.1, 0.15) is 18.3 Å². The molecule has 0 bridgehead atoms. The first kappa shape index (κ1) is 18.9. The quantitative estimate of drug-likeness (QED) is 0.527. The van der Waals surface area contributed by atoms with Gasteiger partial charge in [-0.15, -0.1) is 11.8 Å². The molecule has 0 spiro atoms. The summed E-state index contributed by atoms with van der Waals surface area (Å²) in [5.41, 5.74) is 0.185. The van der Waals surface area contributed by atoms with Crippen molar-refractivity contribution < 1.29 is 20.1 Å². The van der Waals surface area contributed by atoms with Crippen LogP contribution in [0.3, 0.4) is 0 Å². The molecule has 1 aliphatic rings. The smallest absolute Gasteiger partial charge is 0.330 e. The molecule has 1 aromatic heterocycles. The molecule has 2 aromatic rings. The summed E-state index contributed by atoms with van der Waals surface area (Å²) >= 11 is 1.43. The minimum absolute atomic E-state index is 0.313. The fourth-order valence-corrected chi connectivity index (χ4v) is 3.58. The van der Waals surface area contributed by atoms with Gasteiger partial charge in [0.15, 0.2) is 6.23 Å². The van der Waals surface area contributed by atoms with Gasteiger partial charge >= 0.3 is 5.69 Å². The molecule has 0 radical (unpaired) electrons. The lowest BCUT2D eigenvalue weighted by atomic mass is 10.1. The van der Waals surface area contributed by atoms with Gasteiger partial charge in [0.25, 0.3) is 5.56 Å². The van der Waals surface area contributed by atoms with Gasteiger partial charge in [-0.2, -0.15) is 0 Å². The number of aryl methyl sites for hydroxylation is 1. The topological polar surface area (TPSA) is 125 Å². The summed E-state index contributed by atoms with van der Waals surface area (Å²) in [6, 6.07) is 7.81. The molecule has 0 amide bonds. The molecule has 8 nitrogen and oxygen atoms in total. The maximum absolute atomic E-state index is 12.1. The molecule has 140 valence electrons. The van der Waals surface area contributed by atoms with E-state index in [1.165, 1.54) is 18.0 Å². The number of aromatic nitrogens is 2. The Hall–Kier alpha value is -1.91. The number of nitrogens with one attached hydrogen (secondary N) is 1. The highest BCUT2D eigenvalue weighted by molar-refractivity contribution is 7.98. The standard InChI is InChI=1S/C17H20N2O6S/c1-9-2-4-11(5-3-9)26-8-10-6-19(17(24)18-15(10)23)16-14(22)13(21)12(7-20)25-16/h2-6,12-14,16,20-22H,7-8H2,1H3,(H,18,23,24)/t12-,13+,14+,16-/m0/s1. The van der Waals surface area contributed by atoms with Gasteiger partial charge in [-0.25, -0.2) is 4.79 Å². The summed E-state index contributed by atoms with van der Waals surface area (Å²) in [5.74, 6) is 0.313. The maximum Gasteiger partial charge on any atom is 0.330 e. The maximum atomic E-state index is 12.1. The number of nitrogens with zero attached hydrogens (tertiary/aromatic N) is 1. The van der Waals surface area contributed by atoms with E-state index in [9.17, 15) is 24.9 Å². The Bertz CT molecular complexity index is 878. The van der Waals surface area contributed by atoms with E-state index >= 15 is 0 Å². The zero-order chi connectivity index (χ0) is 18.8. The van der Waals surface area contributed by atoms with Gasteiger partial charge in [0, 0.05) is 22.4 Å². The average molecular weight is 380 g/mol. The Morgan fingerprint density at radius 2 is 1.88 bits per heavy atom. The Balaban J connectivity index is 1.84.